The van der Waals surface area contributed by atoms with Gasteiger partial charge >= 0.3 is 6.18 Å². The number of hydrogen-bond donors (Lipinski definition) is 1. The summed E-state index contributed by atoms with van der Waals surface area (Å²) in [5.41, 5.74) is 2.56. The maximum Gasteiger partial charge on any atom is 0.434 e. The minimum Gasteiger partial charge on any atom is -0.391 e. The van der Waals surface area contributed by atoms with Crippen molar-refractivity contribution in [2.45, 2.75) is 33.2 Å². The predicted molar refractivity (Wildman–Crippen MR) is 101 cm³/mol. The van der Waals surface area contributed by atoms with Crippen molar-refractivity contribution in [2.24, 2.45) is 0 Å². The molecule has 1 N–H and O–H groups in total. The van der Waals surface area contributed by atoms with Gasteiger partial charge in [0.1, 0.15) is 11.1 Å². The van der Waals surface area contributed by atoms with E-state index in [9.17, 15) is 23.5 Å². The normalized spacial score (nSPS) is 11.3. The Morgan fingerprint density at radius 2 is 1.76 bits per heavy atom. The third-order valence-corrected chi connectivity index (χ3v) is 5.67. The number of aliphatic hydroxyl groups excluding tert-OH is 1. The van der Waals surface area contributed by atoms with Gasteiger partial charge in [-0.15, -0.1) is 11.3 Å². The number of aliphatic hydroxyl groups is 1. The van der Waals surface area contributed by atoms with Gasteiger partial charge in [0.2, 0.25) is 0 Å². The van der Waals surface area contributed by atoms with Crippen molar-refractivity contribution in [3.8, 4) is 23.3 Å². The van der Waals surface area contributed by atoms with Gasteiger partial charge in [0.25, 0.3) is 0 Å². The van der Waals surface area contributed by atoms with Crippen molar-refractivity contribution in [1.29, 1.82) is 10.5 Å². The number of aromatic nitrogens is 2. The molecule has 0 unspecified atom stereocenters. The van der Waals surface area contributed by atoms with E-state index in [2.05, 4.69) is 11.1 Å². The average molecular weight is 416 g/mol. The van der Waals surface area contributed by atoms with Gasteiger partial charge in [-0.3, -0.25) is 0 Å². The molecule has 0 spiro atoms. The fraction of sp³-hybridized carbons (Fsp3) is 0.250. The molecule has 5 nitrogen and oxygen atoms in total. The topological polar surface area (TPSA) is 85.6 Å². The van der Waals surface area contributed by atoms with Gasteiger partial charge in [-0.2, -0.15) is 23.7 Å². The molecule has 3 aromatic rings. The summed E-state index contributed by atoms with van der Waals surface area (Å²) in [6.07, 6.45) is -4.64. The van der Waals surface area contributed by atoms with E-state index in [0.29, 0.717) is 28.1 Å². The SMILES string of the molecule is Cc1c(C#N)c(-c2ccc(C#N)cc2)c(C)n1Cc1nc(C(F)(F)F)c(CO)s1. The Morgan fingerprint density at radius 3 is 2.24 bits per heavy atom. The zero-order valence-electron chi connectivity index (χ0n) is 15.5. The Hall–Kier alpha value is -3.14. The van der Waals surface area contributed by atoms with Crippen LogP contribution >= 0.6 is 11.3 Å². The Bertz CT molecular complexity index is 1150. The first-order chi connectivity index (χ1) is 13.7. The van der Waals surface area contributed by atoms with Gasteiger partial charge in [-0.25, -0.2) is 4.98 Å². The lowest BCUT2D eigenvalue weighted by Gasteiger charge is -2.08. The van der Waals surface area contributed by atoms with Crippen LogP contribution < -0.4 is 0 Å². The fourth-order valence-corrected chi connectivity index (χ4v) is 4.19. The Balaban J connectivity index is 2.08. The summed E-state index contributed by atoms with van der Waals surface area (Å²) in [5.74, 6) is 0. The Kier molecular flexibility index (Phi) is 5.47. The van der Waals surface area contributed by atoms with Crippen molar-refractivity contribution in [3.63, 3.8) is 0 Å². The summed E-state index contributed by atoms with van der Waals surface area (Å²) in [6.45, 7) is 2.82. The first-order valence-corrected chi connectivity index (χ1v) is 9.29. The number of halogens is 3. The smallest absolute Gasteiger partial charge is 0.391 e. The molecule has 0 aliphatic rings. The molecule has 0 atom stereocenters. The van der Waals surface area contributed by atoms with Crippen LogP contribution in [-0.2, 0) is 19.3 Å². The van der Waals surface area contributed by atoms with Gasteiger partial charge in [0.05, 0.1) is 35.2 Å². The second-order valence-electron chi connectivity index (χ2n) is 6.34. The molecule has 29 heavy (non-hydrogen) atoms. The summed E-state index contributed by atoms with van der Waals surface area (Å²) < 4.78 is 41.1. The second kappa shape index (κ2) is 7.70. The van der Waals surface area contributed by atoms with Crippen LogP contribution in [0, 0.1) is 36.5 Å². The molecule has 0 amide bonds. The molecule has 1 aromatic carbocycles. The summed E-state index contributed by atoms with van der Waals surface area (Å²) in [5, 5.41) is 28.0. The molecule has 3 rings (SSSR count). The van der Waals surface area contributed by atoms with Crippen LogP contribution in [0.1, 0.15) is 38.1 Å². The molecule has 0 fully saturated rings. The fourth-order valence-electron chi connectivity index (χ4n) is 3.25. The summed E-state index contributed by atoms with van der Waals surface area (Å²) in [4.78, 5) is 3.45. The lowest BCUT2D eigenvalue weighted by Crippen LogP contribution is -2.09. The maximum atomic E-state index is 13.1. The van der Waals surface area contributed by atoms with Crippen LogP contribution in [0.25, 0.3) is 11.1 Å². The van der Waals surface area contributed by atoms with E-state index >= 15 is 0 Å². The zero-order chi connectivity index (χ0) is 21.3. The molecule has 0 aliphatic carbocycles. The highest BCUT2D eigenvalue weighted by Crippen LogP contribution is 2.36. The number of rotatable bonds is 4. The van der Waals surface area contributed by atoms with Crippen molar-refractivity contribution >= 4 is 11.3 Å². The number of nitriles is 2. The Labute approximate surface area is 168 Å². The van der Waals surface area contributed by atoms with Gasteiger partial charge in [-0.05, 0) is 31.5 Å². The average Bonchev–Trinajstić information content (AvgIpc) is 3.22. The lowest BCUT2D eigenvalue weighted by molar-refractivity contribution is -0.141. The molecule has 0 radical (unpaired) electrons. The number of nitrogens with zero attached hydrogens (tertiary/aromatic N) is 4. The van der Waals surface area contributed by atoms with Crippen molar-refractivity contribution < 1.29 is 18.3 Å². The van der Waals surface area contributed by atoms with E-state index in [1.165, 1.54) is 0 Å². The van der Waals surface area contributed by atoms with Crippen LogP contribution in [0.4, 0.5) is 13.2 Å². The van der Waals surface area contributed by atoms with Crippen LogP contribution in [0.2, 0.25) is 0 Å². The molecule has 148 valence electrons. The number of alkyl halides is 3. The van der Waals surface area contributed by atoms with Crippen molar-refractivity contribution in [2.75, 3.05) is 0 Å². The highest BCUT2D eigenvalue weighted by atomic mass is 32.1. The van der Waals surface area contributed by atoms with Crippen LogP contribution in [0.15, 0.2) is 24.3 Å². The molecule has 2 heterocycles. The van der Waals surface area contributed by atoms with Gasteiger partial charge in [0.15, 0.2) is 5.69 Å². The maximum absolute atomic E-state index is 13.1. The molecule has 2 aromatic heterocycles. The van der Waals surface area contributed by atoms with E-state index in [4.69, 9.17) is 5.26 Å². The van der Waals surface area contributed by atoms with Crippen LogP contribution in [-0.4, -0.2) is 14.7 Å². The van der Waals surface area contributed by atoms with Crippen LogP contribution in [0.5, 0.6) is 0 Å². The first-order valence-electron chi connectivity index (χ1n) is 8.48. The van der Waals surface area contributed by atoms with Gasteiger partial charge in [-0.1, -0.05) is 12.1 Å². The first kappa shape index (κ1) is 20.6. The number of thiazole rings is 1. The standard InChI is InChI=1S/C20H15F3N4OS/c1-11-15(8-25)18(14-5-3-13(7-24)4-6-14)12(2)27(11)9-17-26-19(20(21,22)23)16(10-28)29-17/h3-6,28H,9-10H2,1-2H3. The largest absolute Gasteiger partial charge is 0.434 e. The van der Waals surface area contributed by atoms with Crippen LogP contribution in [0.3, 0.4) is 0 Å². The third kappa shape index (κ3) is 3.75. The molecule has 0 saturated heterocycles. The zero-order valence-corrected chi connectivity index (χ0v) is 16.3. The minimum absolute atomic E-state index is 0.0520. The van der Waals surface area contributed by atoms with E-state index in [-0.39, 0.29) is 16.4 Å². The molecule has 0 aliphatic heterocycles. The number of hydrogen-bond acceptors (Lipinski definition) is 5. The number of benzene rings is 1. The summed E-state index contributed by atoms with van der Waals surface area (Å²) >= 11 is 0.801. The molecule has 0 saturated carbocycles. The summed E-state index contributed by atoms with van der Waals surface area (Å²) in [6, 6.07) is 11.0. The van der Waals surface area contributed by atoms with Crippen molar-refractivity contribution in [1.82, 2.24) is 9.55 Å². The highest BCUT2D eigenvalue weighted by molar-refractivity contribution is 7.11. The monoisotopic (exact) mass is 416 g/mol. The third-order valence-electron chi connectivity index (χ3n) is 4.64. The van der Waals surface area contributed by atoms with Gasteiger partial charge in [0, 0.05) is 17.0 Å². The van der Waals surface area contributed by atoms with Crippen molar-refractivity contribution in [3.05, 3.63) is 62.4 Å². The van der Waals surface area contributed by atoms with E-state index < -0.39 is 18.5 Å². The quantitative estimate of drug-likeness (QED) is 0.677. The van der Waals surface area contributed by atoms with E-state index in [0.717, 1.165) is 16.9 Å². The second-order valence-corrected chi connectivity index (χ2v) is 7.51. The minimum atomic E-state index is -4.64. The summed E-state index contributed by atoms with van der Waals surface area (Å²) in [7, 11) is 0. The predicted octanol–water partition coefficient (Wildman–Crippen LogP) is 4.53. The molecular weight excluding hydrogens is 401 g/mol. The van der Waals surface area contributed by atoms with E-state index in [1.54, 1.807) is 42.7 Å². The lowest BCUT2D eigenvalue weighted by atomic mass is 10.0. The van der Waals surface area contributed by atoms with E-state index in [1.807, 2.05) is 6.07 Å². The molecular formula is C20H15F3N4OS. The molecule has 9 heteroatoms. The van der Waals surface area contributed by atoms with Gasteiger partial charge < -0.3 is 9.67 Å². The highest BCUT2D eigenvalue weighted by Gasteiger charge is 2.37. The Morgan fingerprint density at radius 1 is 1.10 bits per heavy atom. The molecule has 0 bridgehead atoms.